The van der Waals surface area contributed by atoms with Gasteiger partial charge in [-0.15, -0.1) is 0 Å². The van der Waals surface area contributed by atoms with E-state index >= 15 is 0 Å². The lowest BCUT2D eigenvalue weighted by atomic mass is 10.0. The number of aromatic carboxylic acids is 1. The van der Waals surface area contributed by atoms with Crippen LogP contribution in [0.4, 0.5) is 10.5 Å². The largest absolute Gasteiger partial charge is 0.478 e. The Morgan fingerprint density at radius 3 is 2.32 bits per heavy atom. The lowest BCUT2D eigenvalue weighted by molar-refractivity contribution is 0.0698. The van der Waals surface area contributed by atoms with Gasteiger partial charge in [-0.25, -0.2) is 9.59 Å². The normalized spacial score (nSPS) is 10.4. The van der Waals surface area contributed by atoms with E-state index in [2.05, 4.69) is 5.32 Å². The van der Waals surface area contributed by atoms with Crippen LogP contribution in [0.3, 0.4) is 0 Å². The number of urea groups is 1. The molecule has 1 aromatic carbocycles. The van der Waals surface area contributed by atoms with E-state index in [9.17, 15) is 14.7 Å². The molecule has 104 valence electrons. The van der Waals surface area contributed by atoms with Gasteiger partial charge in [0, 0.05) is 13.1 Å². The number of aryl methyl sites for hydroxylation is 2. The maximum absolute atomic E-state index is 12.0. The summed E-state index contributed by atoms with van der Waals surface area (Å²) >= 11 is 0. The Kier molecular flexibility index (Phi) is 4.53. The third-order valence-corrected chi connectivity index (χ3v) is 3.04. The predicted molar refractivity (Wildman–Crippen MR) is 74.8 cm³/mol. The van der Waals surface area contributed by atoms with Crippen LogP contribution in [0.25, 0.3) is 0 Å². The highest BCUT2D eigenvalue weighted by atomic mass is 16.4. The molecular weight excluding hydrogens is 244 g/mol. The van der Waals surface area contributed by atoms with Gasteiger partial charge in [-0.2, -0.15) is 0 Å². The summed E-state index contributed by atoms with van der Waals surface area (Å²) in [5, 5.41) is 11.9. The van der Waals surface area contributed by atoms with Crippen molar-refractivity contribution < 1.29 is 14.7 Å². The molecule has 0 aliphatic carbocycles. The van der Waals surface area contributed by atoms with Gasteiger partial charge in [-0.3, -0.25) is 0 Å². The Hall–Kier alpha value is -2.04. The van der Waals surface area contributed by atoms with E-state index in [1.807, 2.05) is 26.8 Å². The molecule has 0 fully saturated rings. The first-order valence-electron chi connectivity index (χ1n) is 6.12. The Bertz CT molecular complexity index is 510. The van der Waals surface area contributed by atoms with Crippen LogP contribution in [-0.2, 0) is 0 Å². The molecule has 0 saturated carbocycles. The third kappa shape index (κ3) is 3.47. The van der Waals surface area contributed by atoms with E-state index in [0.717, 1.165) is 11.1 Å². The van der Waals surface area contributed by atoms with Gasteiger partial charge >= 0.3 is 12.0 Å². The number of amides is 2. The average Bonchev–Trinajstić information content (AvgIpc) is 2.30. The van der Waals surface area contributed by atoms with Gasteiger partial charge in [-0.1, -0.05) is 6.07 Å². The highest BCUT2D eigenvalue weighted by molar-refractivity contribution is 6.01. The monoisotopic (exact) mass is 264 g/mol. The standard InChI is InChI=1S/C14H20N2O3/c1-8(2)16(5)14(19)15-12-10(4)6-9(3)7-11(12)13(17)18/h6-8H,1-5H3,(H,15,19)(H,17,18). The van der Waals surface area contributed by atoms with Crippen LogP contribution in [0, 0.1) is 13.8 Å². The van der Waals surface area contributed by atoms with Gasteiger partial charge in [0.1, 0.15) is 0 Å². The van der Waals surface area contributed by atoms with Crippen LogP contribution < -0.4 is 5.32 Å². The topological polar surface area (TPSA) is 69.6 Å². The van der Waals surface area contributed by atoms with Crippen LogP contribution in [0.1, 0.15) is 35.3 Å². The van der Waals surface area contributed by atoms with Crippen molar-refractivity contribution in [3.05, 3.63) is 28.8 Å². The Morgan fingerprint density at radius 1 is 1.26 bits per heavy atom. The molecule has 0 atom stereocenters. The van der Waals surface area contributed by atoms with Crippen molar-refractivity contribution in [2.24, 2.45) is 0 Å². The van der Waals surface area contributed by atoms with E-state index in [-0.39, 0.29) is 17.6 Å². The number of carboxylic acids is 1. The highest BCUT2D eigenvalue weighted by Gasteiger charge is 2.18. The molecular formula is C14H20N2O3. The van der Waals surface area contributed by atoms with Crippen molar-refractivity contribution in [3.63, 3.8) is 0 Å². The summed E-state index contributed by atoms with van der Waals surface area (Å²) in [5.74, 6) is -1.05. The van der Waals surface area contributed by atoms with Crippen molar-refractivity contribution in [2.75, 3.05) is 12.4 Å². The van der Waals surface area contributed by atoms with Gasteiger partial charge in [-0.05, 0) is 44.9 Å². The number of benzene rings is 1. The Morgan fingerprint density at radius 2 is 1.84 bits per heavy atom. The van der Waals surface area contributed by atoms with Crippen LogP contribution in [0.2, 0.25) is 0 Å². The van der Waals surface area contributed by atoms with E-state index in [0.29, 0.717) is 5.69 Å². The maximum Gasteiger partial charge on any atom is 0.337 e. The molecule has 5 heteroatoms. The molecule has 0 aromatic heterocycles. The first-order valence-corrected chi connectivity index (χ1v) is 6.12. The summed E-state index contributed by atoms with van der Waals surface area (Å²) in [7, 11) is 1.67. The first-order chi connectivity index (χ1) is 8.73. The predicted octanol–water partition coefficient (Wildman–Crippen LogP) is 2.87. The lowest BCUT2D eigenvalue weighted by Crippen LogP contribution is -2.37. The van der Waals surface area contributed by atoms with Crippen LogP contribution in [0.15, 0.2) is 12.1 Å². The lowest BCUT2D eigenvalue weighted by Gasteiger charge is -2.23. The number of hydrogen-bond acceptors (Lipinski definition) is 2. The average molecular weight is 264 g/mol. The molecule has 0 aliphatic rings. The zero-order valence-electron chi connectivity index (χ0n) is 11.9. The minimum Gasteiger partial charge on any atom is -0.478 e. The fourth-order valence-corrected chi connectivity index (χ4v) is 1.73. The van der Waals surface area contributed by atoms with E-state index in [4.69, 9.17) is 0 Å². The van der Waals surface area contributed by atoms with Crippen molar-refractivity contribution in [3.8, 4) is 0 Å². The van der Waals surface area contributed by atoms with Crippen LogP contribution >= 0.6 is 0 Å². The number of anilines is 1. The number of nitrogens with one attached hydrogen (secondary N) is 1. The molecule has 19 heavy (non-hydrogen) atoms. The van der Waals surface area contributed by atoms with E-state index < -0.39 is 5.97 Å². The molecule has 2 amide bonds. The summed E-state index contributed by atoms with van der Waals surface area (Å²) < 4.78 is 0. The Balaban J connectivity index is 3.14. The number of rotatable bonds is 3. The quantitative estimate of drug-likeness (QED) is 0.882. The Labute approximate surface area is 113 Å². The van der Waals surface area contributed by atoms with Gasteiger partial charge in [0.25, 0.3) is 0 Å². The fourth-order valence-electron chi connectivity index (χ4n) is 1.73. The second-order valence-corrected chi connectivity index (χ2v) is 4.94. The number of carbonyl (C=O) groups excluding carboxylic acids is 1. The van der Waals surface area contributed by atoms with Gasteiger partial charge in [0.15, 0.2) is 0 Å². The van der Waals surface area contributed by atoms with Crippen molar-refractivity contribution >= 4 is 17.7 Å². The SMILES string of the molecule is Cc1cc(C)c(NC(=O)N(C)C(C)C)c(C(=O)O)c1. The molecule has 0 heterocycles. The van der Waals surface area contributed by atoms with Gasteiger partial charge in [0.05, 0.1) is 11.3 Å². The van der Waals surface area contributed by atoms with E-state index in [1.165, 1.54) is 4.90 Å². The molecule has 2 N–H and O–H groups in total. The third-order valence-electron chi connectivity index (χ3n) is 3.04. The van der Waals surface area contributed by atoms with E-state index in [1.54, 1.807) is 20.0 Å². The minimum absolute atomic E-state index is 0.0408. The fraction of sp³-hybridized carbons (Fsp3) is 0.429. The maximum atomic E-state index is 12.0. The van der Waals surface area contributed by atoms with Gasteiger partial charge < -0.3 is 15.3 Å². The summed E-state index contributed by atoms with van der Waals surface area (Å²) in [6.07, 6.45) is 0. The smallest absolute Gasteiger partial charge is 0.337 e. The molecule has 0 radical (unpaired) electrons. The molecule has 0 spiro atoms. The second-order valence-electron chi connectivity index (χ2n) is 4.94. The summed E-state index contributed by atoms with van der Waals surface area (Å²) in [4.78, 5) is 24.8. The molecule has 0 bridgehead atoms. The number of hydrogen-bond donors (Lipinski definition) is 2. The molecule has 5 nitrogen and oxygen atoms in total. The number of carboxylic acid groups (broad SMARTS) is 1. The highest BCUT2D eigenvalue weighted by Crippen LogP contribution is 2.23. The van der Waals surface area contributed by atoms with Crippen molar-refractivity contribution in [1.29, 1.82) is 0 Å². The molecule has 0 saturated heterocycles. The van der Waals surface area contributed by atoms with Crippen LogP contribution in [-0.4, -0.2) is 35.1 Å². The molecule has 0 aliphatic heterocycles. The zero-order valence-corrected chi connectivity index (χ0v) is 11.9. The van der Waals surface area contributed by atoms with Crippen molar-refractivity contribution in [2.45, 2.75) is 33.7 Å². The summed E-state index contributed by atoms with van der Waals surface area (Å²) in [6.45, 7) is 7.38. The number of nitrogens with zero attached hydrogens (tertiary/aromatic N) is 1. The van der Waals surface area contributed by atoms with Crippen LogP contribution in [0.5, 0.6) is 0 Å². The van der Waals surface area contributed by atoms with Gasteiger partial charge in [0.2, 0.25) is 0 Å². The summed E-state index contributed by atoms with van der Waals surface area (Å²) in [5.41, 5.74) is 2.06. The second kappa shape index (κ2) is 5.73. The summed E-state index contributed by atoms with van der Waals surface area (Å²) in [6, 6.07) is 3.13. The zero-order chi connectivity index (χ0) is 14.7. The molecule has 1 aromatic rings. The minimum atomic E-state index is -1.05. The number of carbonyl (C=O) groups is 2. The molecule has 1 rings (SSSR count). The molecule has 0 unspecified atom stereocenters. The first kappa shape index (κ1) is 15.0. The van der Waals surface area contributed by atoms with Crippen molar-refractivity contribution in [1.82, 2.24) is 4.90 Å².